The summed E-state index contributed by atoms with van der Waals surface area (Å²) >= 11 is 0. The minimum absolute atomic E-state index is 0.0960. The molecule has 114 valence electrons. The van der Waals surface area contributed by atoms with Gasteiger partial charge in [-0.15, -0.1) is 0 Å². The van der Waals surface area contributed by atoms with Crippen molar-refractivity contribution in [1.29, 1.82) is 0 Å². The van der Waals surface area contributed by atoms with E-state index < -0.39 is 11.9 Å². The van der Waals surface area contributed by atoms with Gasteiger partial charge in [-0.1, -0.05) is 13.0 Å². The molecule has 0 bridgehead atoms. The highest BCUT2D eigenvalue weighted by atomic mass is 16.4. The summed E-state index contributed by atoms with van der Waals surface area (Å²) in [5, 5.41) is 9.99. The van der Waals surface area contributed by atoms with Crippen LogP contribution in [0.4, 0.5) is 0 Å². The molecule has 1 aromatic heterocycles. The van der Waals surface area contributed by atoms with Crippen LogP contribution in [-0.2, 0) is 4.79 Å². The van der Waals surface area contributed by atoms with Gasteiger partial charge in [0.25, 0.3) is 5.91 Å². The predicted molar refractivity (Wildman–Crippen MR) is 82.6 cm³/mol. The molecule has 1 saturated carbocycles. The van der Waals surface area contributed by atoms with Crippen LogP contribution in [-0.4, -0.2) is 39.5 Å². The van der Waals surface area contributed by atoms with E-state index in [0.29, 0.717) is 5.56 Å². The van der Waals surface area contributed by atoms with Crippen LogP contribution < -0.4 is 0 Å². The Balaban J connectivity index is 1.86. The molecule has 1 aliphatic carbocycles. The van der Waals surface area contributed by atoms with Gasteiger partial charge >= 0.3 is 5.97 Å². The van der Waals surface area contributed by atoms with Crippen LogP contribution in [0.25, 0.3) is 10.9 Å². The molecule has 1 heterocycles. The van der Waals surface area contributed by atoms with Crippen LogP contribution in [0.3, 0.4) is 0 Å². The first kappa shape index (κ1) is 14.5. The number of pyridine rings is 1. The summed E-state index contributed by atoms with van der Waals surface area (Å²) in [7, 11) is 0. The van der Waals surface area contributed by atoms with E-state index in [4.69, 9.17) is 5.11 Å². The van der Waals surface area contributed by atoms with Crippen molar-refractivity contribution in [2.45, 2.75) is 25.8 Å². The Morgan fingerprint density at radius 1 is 1.36 bits per heavy atom. The van der Waals surface area contributed by atoms with Crippen molar-refractivity contribution in [3.05, 3.63) is 42.1 Å². The van der Waals surface area contributed by atoms with Gasteiger partial charge in [0.1, 0.15) is 0 Å². The van der Waals surface area contributed by atoms with Gasteiger partial charge in [0, 0.05) is 29.7 Å². The molecule has 2 aromatic rings. The molecular formula is C17H18N2O3. The summed E-state index contributed by atoms with van der Waals surface area (Å²) in [4.78, 5) is 29.8. The lowest BCUT2D eigenvalue weighted by Gasteiger charge is -2.24. The minimum Gasteiger partial charge on any atom is -0.481 e. The highest BCUT2D eigenvalue weighted by Crippen LogP contribution is 2.29. The zero-order chi connectivity index (χ0) is 15.7. The molecule has 1 N–H and O–H groups in total. The van der Waals surface area contributed by atoms with E-state index in [2.05, 4.69) is 4.98 Å². The number of aliphatic carboxylic acids is 1. The summed E-state index contributed by atoms with van der Waals surface area (Å²) < 4.78 is 0. The van der Waals surface area contributed by atoms with E-state index in [9.17, 15) is 9.59 Å². The van der Waals surface area contributed by atoms with Gasteiger partial charge in [0.05, 0.1) is 11.4 Å². The van der Waals surface area contributed by atoms with Crippen LogP contribution in [0.5, 0.6) is 0 Å². The normalized spacial score (nSPS) is 15.5. The molecule has 1 aromatic carbocycles. The van der Waals surface area contributed by atoms with E-state index >= 15 is 0 Å². The summed E-state index contributed by atoms with van der Waals surface area (Å²) in [5.41, 5.74) is 1.43. The molecule has 1 unspecified atom stereocenters. The predicted octanol–water partition coefficient (Wildman–Crippen LogP) is 2.56. The van der Waals surface area contributed by atoms with Gasteiger partial charge in [-0.2, -0.15) is 0 Å². The fraction of sp³-hybridized carbons (Fsp3) is 0.353. The van der Waals surface area contributed by atoms with E-state index in [1.165, 1.54) is 0 Å². The van der Waals surface area contributed by atoms with Crippen LogP contribution in [0.15, 0.2) is 36.5 Å². The maximum Gasteiger partial charge on any atom is 0.308 e. The number of aromatic nitrogens is 1. The molecule has 1 atom stereocenters. The minimum atomic E-state index is -0.874. The molecule has 0 saturated heterocycles. The first-order chi connectivity index (χ1) is 10.6. The number of carboxylic acid groups (broad SMARTS) is 1. The second kappa shape index (κ2) is 5.75. The number of nitrogens with zero attached hydrogens (tertiary/aromatic N) is 2. The monoisotopic (exact) mass is 298 g/mol. The van der Waals surface area contributed by atoms with Crippen molar-refractivity contribution in [3.8, 4) is 0 Å². The van der Waals surface area contributed by atoms with Crippen molar-refractivity contribution < 1.29 is 14.7 Å². The number of hydrogen-bond donors (Lipinski definition) is 1. The fourth-order valence-corrected chi connectivity index (χ4v) is 2.53. The number of carboxylic acids is 1. The molecule has 1 fully saturated rings. The van der Waals surface area contributed by atoms with Crippen LogP contribution in [0, 0.1) is 5.92 Å². The van der Waals surface area contributed by atoms with E-state index in [-0.39, 0.29) is 18.5 Å². The van der Waals surface area contributed by atoms with Gasteiger partial charge in [-0.25, -0.2) is 0 Å². The average Bonchev–Trinajstić information content (AvgIpc) is 3.35. The molecule has 5 heteroatoms. The second-order valence-electron chi connectivity index (χ2n) is 5.84. The van der Waals surface area contributed by atoms with Crippen molar-refractivity contribution in [2.24, 2.45) is 5.92 Å². The fourth-order valence-electron chi connectivity index (χ4n) is 2.53. The van der Waals surface area contributed by atoms with Gasteiger partial charge < -0.3 is 10.0 Å². The molecule has 0 spiro atoms. The Bertz CT molecular complexity index is 725. The van der Waals surface area contributed by atoms with Crippen molar-refractivity contribution in [1.82, 2.24) is 9.88 Å². The Hall–Kier alpha value is -2.43. The van der Waals surface area contributed by atoms with Crippen molar-refractivity contribution >= 4 is 22.8 Å². The highest BCUT2D eigenvalue weighted by molar-refractivity contribution is 5.98. The molecular weight excluding hydrogens is 280 g/mol. The SMILES string of the molecule is CC(CN(C(=O)c1ccc2ncccc2c1)C1CC1)C(=O)O. The van der Waals surface area contributed by atoms with E-state index in [0.717, 1.165) is 23.7 Å². The average molecular weight is 298 g/mol. The Morgan fingerprint density at radius 2 is 2.14 bits per heavy atom. The number of benzene rings is 1. The van der Waals surface area contributed by atoms with Gasteiger partial charge in [0.15, 0.2) is 0 Å². The lowest BCUT2D eigenvalue weighted by Crippen LogP contribution is -2.38. The largest absolute Gasteiger partial charge is 0.481 e. The number of fused-ring (bicyclic) bond motifs is 1. The third-order valence-corrected chi connectivity index (χ3v) is 3.99. The summed E-state index contributed by atoms with van der Waals surface area (Å²) in [6.07, 6.45) is 3.62. The Kier molecular flexibility index (Phi) is 3.79. The molecule has 0 aliphatic heterocycles. The summed E-state index contributed by atoms with van der Waals surface area (Å²) in [5.74, 6) is -1.53. The number of carbonyl (C=O) groups excluding carboxylic acids is 1. The van der Waals surface area contributed by atoms with E-state index in [1.807, 2.05) is 24.3 Å². The van der Waals surface area contributed by atoms with Gasteiger partial charge in [-0.3, -0.25) is 14.6 Å². The maximum absolute atomic E-state index is 12.7. The van der Waals surface area contributed by atoms with Crippen LogP contribution >= 0.6 is 0 Å². The summed E-state index contributed by atoms with van der Waals surface area (Å²) in [6.45, 7) is 1.89. The third kappa shape index (κ3) is 2.93. The lowest BCUT2D eigenvalue weighted by atomic mass is 10.1. The molecule has 22 heavy (non-hydrogen) atoms. The number of rotatable bonds is 5. The van der Waals surface area contributed by atoms with Crippen LogP contribution in [0.2, 0.25) is 0 Å². The number of amides is 1. The highest BCUT2D eigenvalue weighted by Gasteiger charge is 2.34. The van der Waals surface area contributed by atoms with Crippen molar-refractivity contribution in [3.63, 3.8) is 0 Å². The molecule has 1 aliphatic rings. The summed E-state index contributed by atoms with van der Waals surface area (Å²) in [6, 6.07) is 9.35. The third-order valence-electron chi connectivity index (χ3n) is 3.99. The molecule has 0 radical (unpaired) electrons. The molecule has 5 nitrogen and oxygen atoms in total. The molecule has 1 amide bonds. The quantitative estimate of drug-likeness (QED) is 0.921. The smallest absolute Gasteiger partial charge is 0.308 e. The Labute approximate surface area is 128 Å². The first-order valence-corrected chi connectivity index (χ1v) is 7.45. The lowest BCUT2D eigenvalue weighted by molar-refractivity contribution is -0.141. The van der Waals surface area contributed by atoms with Gasteiger partial charge in [0.2, 0.25) is 0 Å². The number of carbonyl (C=O) groups is 2. The van der Waals surface area contributed by atoms with Gasteiger partial charge in [-0.05, 0) is 37.1 Å². The standard InChI is InChI=1S/C17H18N2O3/c1-11(17(21)22)10-19(14-5-6-14)16(20)13-4-7-15-12(9-13)3-2-8-18-15/h2-4,7-9,11,14H,5-6,10H2,1H3,(H,21,22). The zero-order valence-corrected chi connectivity index (χ0v) is 12.4. The first-order valence-electron chi connectivity index (χ1n) is 7.45. The maximum atomic E-state index is 12.7. The van der Waals surface area contributed by atoms with Crippen LogP contribution in [0.1, 0.15) is 30.1 Å². The molecule has 3 rings (SSSR count). The van der Waals surface area contributed by atoms with Crippen molar-refractivity contribution in [2.75, 3.05) is 6.54 Å². The van der Waals surface area contributed by atoms with E-state index in [1.54, 1.807) is 24.1 Å². The number of hydrogen-bond acceptors (Lipinski definition) is 3. The zero-order valence-electron chi connectivity index (χ0n) is 12.4. The second-order valence-corrected chi connectivity index (χ2v) is 5.84. The Morgan fingerprint density at radius 3 is 2.82 bits per heavy atom. The topological polar surface area (TPSA) is 70.5 Å².